The van der Waals surface area contributed by atoms with Crippen LogP contribution in [0.2, 0.25) is 0 Å². The van der Waals surface area contributed by atoms with Gasteiger partial charge in [-0.1, -0.05) is 28.1 Å². The number of halogens is 1. The van der Waals surface area contributed by atoms with Crippen LogP contribution in [-0.2, 0) is 9.53 Å². The maximum atomic E-state index is 11.9. The van der Waals surface area contributed by atoms with Gasteiger partial charge in [-0.2, -0.15) is 0 Å². The Bertz CT molecular complexity index is 735. The molecule has 0 spiro atoms. The van der Waals surface area contributed by atoms with Gasteiger partial charge >= 0.3 is 5.97 Å². The van der Waals surface area contributed by atoms with E-state index in [0.717, 1.165) is 4.47 Å². The molecular formula is C18H15BrO5. The second-order valence-electron chi connectivity index (χ2n) is 4.96. The fourth-order valence-electron chi connectivity index (χ4n) is 1.83. The number of ether oxygens (including phenoxy) is 2. The van der Waals surface area contributed by atoms with Gasteiger partial charge in [-0.25, -0.2) is 4.79 Å². The molecule has 124 valence electrons. The molecule has 24 heavy (non-hydrogen) atoms. The summed E-state index contributed by atoms with van der Waals surface area (Å²) in [6.07, 6.45) is 0. The molecule has 0 fully saturated rings. The van der Waals surface area contributed by atoms with E-state index < -0.39 is 5.97 Å². The van der Waals surface area contributed by atoms with Crippen LogP contribution in [0.1, 0.15) is 27.6 Å². The van der Waals surface area contributed by atoms with Crippen molar-refractivity contribution in [2.24, 2.45) is 0 Å². The molecule has 0 bridgehead atoms. The third kappa shape index (κ3) is 5.31. The van der Waals surface area contributed by atoms with Crippen LogP contribution in [0.3, 0.4) is 0 Å². The Morgan fingerprint density at radius 1 is 0.875 bits per heavy atom. The van der Waals surface area contributed by atoms with Gasteiger partial charge in [0.2, 0.25) is 0 Å². The molecule has 0 N–H and O–H groups in total. The van der Waals surface area contributed by atoms with E-state index in [1.807, 2.05) is 0 Å². The van der Waals surface area contributed by atoms with Crippen LogP contribution in [0.5, 0.6) is 5.75 Å². The first kappa shape index (κ1) is 17.9. The van der Waals surface area contributed by atoms with Gasteiger partial charge in [0.15, 0.2) is 24.8 Å². The van der Waals surface area contributed by atoms with E-state index >= 15 is 0 Å². The first-order chi connectivity index (χ1) is 11.5. The van der Waals surface area contributed by atoms with Crippen molar-refractivity contribution >= 4 is 33.5 Å². The molecule has 0 saturated heterocycles. The Morgan fingerprint density at radius 3 is 2.04 bits per heavy atom. The van der Waals surface area contributed by atoms with Crippen LogP contribution >= 0.6 is 15.9 Å². The van der Waals surface area contributed by atoms with Crippen molar-refractivity contribution in [1.82, 2.24) is 0 Å². The van der Waals surface area contributed by atoms with Crippen molar-refractivity contribution in [3.05, 3.63) is 64.1 Å². The normalized spacial score (nSPS) is 10.1. The number of carbonyl (C=O) groups is 3. The third-order valence-electron chi connectivity index (χ3n) is 3.15. The molecular weight excluding hydrogens is 376 g/mol. The third-order valence-corrected chi connectivity index (χ3v) is 3.68. The van der Waals surface area contributed by atoms with Gasteiger partial charge in [0.1, 0.15) is 5.75 Å². The summed E-state index contributed by atoms with van der Waals surface area (Å²) in [7, 11) is 0. The van der Waals surface area contributed by atoms with Crippen molar-refractivity contribution in [3.63, 3.8) is 0 Å². The first-order valence-corrected chi connectivity index (χ1v) is 7.93. The first-order valence-electron chi connectivity index (χ1n) is 7.14. The number of rotatable bonds is 7. The molecule has 2 aromatic rings. The number of hydrogen-bond acceptors (Lipinski definition) is 5. The SMILES string of the molecule is CC(=O)c1ccc(OCC(=O)OCC(=O)c2ccc(Br)cc2)cc1. The van der Waals surface area contributed by atoms with Crippen LogP contribution in [0, 0.1) is 0 Å². The summed E-state index contributed by atoms with van der Waals surface area (Å²) >= 11 is 3.28. The Hall–Kier alpha value is -2.47. The molecule has 0 aliphatic heterocycles. The lowest BCUT2D eigenvalue weighted by atomic mass is 10.1. The molecule has 2 aromatic carbocycles. The zero-order valence-electron chi connectivity index (χ0n) is 13.0. The summed E-state index contributed by atoms with van der Waals surface area (Å²) in [4.78, 5) is 34.6. The van der Waals surface area contributed by atoms with Gasteiger partial charge in [-0.15, -0.1) is 0 Å². The number of hydrogen-bond donors (Lipinski definition) is 0. The van der Waals surface area contributed by atoms with E-state index in [9.17, 15) is 14.4 Å². The van der Waals surface area contributed by atoms with Gasteiger partial charge in [-0.3, -0.25) is 9.59 Å². The van der Waals surface area contributed by atoms with Crippen LogP contribution in [0.4, 0.5) is 0 Å². The average molecular weight is 391 g/mol. The minimum absolute atomic E-state index is 0.0487. The molecule has 0 aromatic heterocycles. The van der Waals surface area contributed by atoms with Crippen LogP contribution in [0.15, 0.2) is 53.0 Å². The molecule has 0 amide bonds. The molecule has 5 nitrogen and oxygen atoms in total. The highest BCUT2D eigenvalue weighted by Crippen LogP contribution is 2.13. The Kier molecular flexibility index (Phi) is 6.26. The maximum Gasteiger partial charge on any atom is 0.344 e. The molecule has 0 radical (unpaired) electrons. The molecule has 0 saturated carbocycles. The van der Waals surface area contributed by atoms with E-state index in [1.54, 1.807) is 48.5 Å². The van der Waals surface area contributed by atoms with Crippen molar-refractivity contribution in [2.45, 2.75) is 6.92 Å². The lowest BCUT2D eigenvalue weighted by Gasteiger charge is -2.07. The summed E-state index contributed by atoms with van der Waals surface area (Å²) in [5.41, 5.74) is 1.02. The van der Waals surface area contributed by atoms with E-state index in [4.69, 9.17) is 9.47 Å². The lowest BCUT2D eigenvalue weighted by Crippen LogP contribution is -2.19. The molecule has 0 atom stereocenters. The Morgan fingerprint density at radius 2 is 1.46 bits per heavy atom. The summed E-state index contributed by atoms with van der Waals surface area (Å²) in [5, 5.41) is 0. The predicted octanol–water partition coefficient (Wildman–Crippen LogP) is 3.46. The molecule has 6 heteroatoms. The van der Waals surface area contributed by atoms with Crippen molar-refractivity contribution < 1.29 is 23.9 Å². The smallest absolute Gasteiger partial charge is 0.344 e. The van der Waals surface area contributed by atoms with E-state index in [2.05, 4.69) is 15.9 Å². The number of benzene rings is 2. The van der Waals surface area contributed by atoms with Crippen molar-refractivity contribution in [3.8, 4) is 5.75 Å². The number of ketones is 2. The highest BCUT2D eigenvalue weighted by atomic mass is 79.9. The lowest BCUT2D eigenvalue weighted by molar-refractivity contribution is -0.144. The fraction of sp³-hybridized carbons (Fsp3) is 0.167. The number of carbonyl (C=O) groups excluding carboxylic acids is 3. The van der Waals surface area contributed by atoms with Crippen molar-refractivity contribution in [1.29, 1.82) is 0 Å². The highest BCUT2D eigenvalue weighted by molar-refractivity contribution is 9.10. The molecule has 0 unspecified atom stereocenters. The van der Waals surface area contributed by atoms with Crippen molar-refractivity contribution in [2.75, 3.05) is 13.2 Å². The van der Waals surface area contributed by atoms with E-state index in [1.165, 1.54) is 6.92 Å². The Labute approximate surface area is 147 Å². The second kappa shape index (κ2) is 8.40. The highest BCUT2D eigenvalue weighted by Gasteiger charge is 2.10. The second-order valence-corrected chi connectivity index (χ2v) is 5.88. The monoisotopic (exact) mass is 390 g/mol. The summed E-state index contributed by atoms with van der Waals surface area (Å²) in [6, 6.07) is 13.2. The fourth-order valence-corrected chi connectivity index (χ4v) is 2.10. The minimum Gasteiger partial charge on any atom is -0.482 e. The number of Topliss-reactive ketones (excluding diaryl/α,β-unsaturated/α-hetero) is 2. The minimum atomic E-state index is -0.642. The van der Waals surface area contributed by atoms with E-state index in [0.29, 0.717) is 16.9 Å². The maximum absolute atomic E-state index is 11.9. The number of esters is 1. The van der Waals surface area contributed by atoms with Gasteiger partial charge in [0, 0.05) is 15.6 Å². The molecule has 2 rings (SSSR count). The van der Waals surface area contributed by atoms with Gasteiger partial charge in [-0.05, 0) is 43.3 Å². The zero-order chi connectivity index (χ0) is 17.5. The quantitative estimate of drug-likeness (QED) is 0.534. The average Bonchev–Trinajstić information content (AvgIpc) is 2.58. The summed E-state index contributed by atoms with van der Waals surface area (Å²) in [5.74, 6) is -0.540. The largest absolute Gasteiger partial charge is 0.482 e. The van der Waals surface area contributed by atoms with Crippen LogP contribution in [0.25, 0.3) is 0 Å². The zero-order valence-corrected chi connectivity index (χ0v) is 14.5. The van der Waals surface area contributed by atoms with Crippen LogP contribution in [-0.4, -0.2) is 30.7 Å². The van der Waals surface area contributed by atoms with Gasteiger partial charge in [0.05, 0.1) is 0 Å². The standard InChI is InChI=1S/C18H15BrO5/c1-12(20)13-4-8-16(9-5-13)23-11-18(22)24-10-17(21)14-2-6-15(19)7-3-14/h2-9H,10-11H2,1H3. The topological polar surface area (TPSA) is 69.7 Å². The summed E-state index contributed by atoms with van der Waals surface area (Å²) in [6.45, 7) is 0.815. The molecule has 0 aliphatic carbocycles. The molecule has 0 aliphatic rings. The molecule has 0 heterocycles. The van der Waals surface area contributed by atoms with Gasteiger partial charge in [0.25, 0.3) is 0 Å². The predicted molar refractivity (Wildman–Crippen MR) is 91.4 cm³/mol. The summed E-state index contributed by atoms with van der Waals surface area (Å²) < 4.78 is 11.0. The van der Waals surface area contributed by atoms with Gasteiger partial charge < -0.3 is 9.47 Å². The van der Waals surface area contributed by atoms with E-state index in [-0.39, 0.29) is 24.8 Å². The van der Waals surface area contributed by atoms with Crippen LogP contribution < -0.4 is 4.74 Å². The Balaban J connectivity index is 1.77.